The molecule has 0 bridgehead atoms. The van der Waals surface area contributed by atoms with Crippen LogP contribution in [0.4, 0.5) is 4.39 Å². The number of hydrogen-bond donors (Lipinski definition) is 0. The molecule has 4 aromatic rings. The third-order valence-electron chi connectivity index (χ3n) is 6.55. The van der Waals surface area contributed by atoms with Gasteiger partial charge in [0.25, 0.3) is 5.56 Å². The fourth-order valence-electron chi connectivity index (χ4n) is 4.61. The molecule has 0 unspecified atom stereocenters. The summed E-state index contributed by atoms with van der Waals surface area (Å²) in [5, 5.41) is 0.256. The van der Waals surface area contributed by atoms with Crippen molar-refractivity contribution >= 4 is 35.0 Å². The van der Waals surface area contributed by atoms with E-state index >= 15 is 0 Å². The molecule has 0 fully saturated rings. The largest absolute Gasteiger partial charge is 0.493 e. The molecule has 1 aromatic heterocycles. The molecule has 0 amide bonds. The van der Waals surface area contributed by atoms with E-state index in [9.17, 15) is 14.0 Å². The van der Waals surface area contributed by atoms with E-state index in [0.29, 0.717) is 37.7 Å². The van der Waals surface area contributed by atoms with Crippen LogP contribution >= 0.6 is 22.9 Å². The summed E-state index contributed by atoms with van der Waals surface area (Å²) in [4.78, 5) is 31.9. The first-order chi connectivity index (χ1) is 19.8. The Bertz CT molecular complexity index is 1810. The van der Waals surface area contributed by atoms with Gasteiger partial charge in [0.15, 0.2) is 16.3 Å². The Hall–Kier alpha value is -4.21. The second-order valence-corrected chi connectivity index (χ2v) is 10.5. The van der Waals surface area contributed by atoms with E-state index in [0.717, 1.165) is 5.56 Å². The lowest BCUT2D eigenvalue weighted by Crippen LogP contribution is -2.39. The molecule has 0 saturated carbocycles. The summed E-state index contributed by atoms with van der Waals surface area (Å²) in [5.41, 5.74) is 2.17. The number of rotatable bonds is 8. The Kier molecular flexibility index (Phi) is 8.37. The van der Waals surface area contributed by atoms with Gasteiger partial charge in [0.05, 0.1) is 40.6 Å². The minimum atomic E-state index is -0.686. The molecule has 0 saturated heterocycles. The quantitative estimate of drug-likeness (QED) is 0.264. The summed E-state index contributed by atoms with van der Waals surface area (Å²) in [6.45, 7) is 3.57. The highest BCUT2D eigenvalue weighted by molar-refractivity contribution is 7.07. The molecule has 0 N–H and O–H groups in total. The van der Waals surface area contributed by atoms with Gasteiger partial charge in [0.2, 0.25) is 0 Å². The van der Waals surface area contributed by atoms with Crippen molar-refractivity contribution in [3.8, 4) is 11.5 Å². The SMILES string of the molecule is CCOC(=O)C1=C(C)N=c2sc(=Cc3ccc(OC)c(OCc4c(F)cccc4Cl)c3)c(=O)n2[C@@H]1c1ccccc1. The molecule has 3 aromatic carbocycles. The van der Waals surface area contributed by atoms with Crippen LogP contribution in [-0.2, 0) is 16.1 Å². The second kappa shape index (κ2) is 12.1. The van der Waals surface area contributed by atoms with Gasteiger partial charge in [-0.05, 0) is 55.3 Å². The number of hydrogen-bond acceptors (Lipinski definition) is 7. The Balaban J connectivity index is 1.57. The van der Waals surface area contributed by atoms with Gasteiger partial charge in [0.1, 0.15) is 12.4 Å². The Morgan fingerprint density at radius 3 is 2.61 bits per heavy atom. The van der Waals surface area contributed by atoms with Gasteiger partial charge in [-0.1, -0.05) is 65.4 Å². The predicted molar refractivity (Wildman–Crippen MR) is 156 cm³/mol. The average molecular weight is 593 g/mol. The number of fused-ring (bicyclic) bond motifs is 1. The molecule has 7 nitrogen and oxygen atoms in total. The maximum Gasteiger partial charge on any atom is 0.338 e. The lowest BCUT2D eigenvalue weighted by atomic mass is 9.96. The number of benzene rings is 3. The van der Waals surface area contributed by atoms with Gasteiger partial charge in [-0.15, -0.1) is 0 Å². The van der Waals surface area contributed by atoms with E-state index in [-0.39, 0.29) is 29.4 Å². The van der Waals surface area contributed by atoms with Gasteiger partial charge < -0.3 is 14.2 Å². The van der Waals surface area contributed by atoms with Crippen LogP contribution < -0.4 is 24.4 Å². The zero-order chi connectivity index (χ0) is 29.1. The monoisotopic (exact) mass is 592 g/mol. The zero-order valence-electron chi connectivity index (χ0n) is 22.5. The van der Waals surface area contributed by atoms with Crippen LogP contribution in [0.2, 0.25) is 5.02 Å². The van der Waals surface area contributed by atoms with Crippen molar-refractivity contribution in [1.82, 2.24) is 4.57 Å². The Morgan fingerprint density at radius 2 is 1.90 bits per heavy atom. The van der Waals surface area contributed by atoms with Crippen molar-refractivity contribution in [1.29, 1.82) is 0 Å². The number of thiazole rings is 1. The van der Waals surface area contributed by atoms with Crippen molar-refractivity contribution in [2.45, 2.75) is 26.5 Å². The van der Waals surface area contributed by atoms with E-state index in [2.05, 4.69) is 4.99 Å². The lowest BCUT2D eigenvalue weighted by molar-refractivity contribution is -0.139. The molecule has 0 aliphatic carbocycles. The normalized spacial score (nSPS) is 14.9. The smallest absolute Gasteiger partial charge is 0.338 e. The fraction of sp³-hybridized carbons (Fsp3) is 0.194. The van der Waals surface area contributed by atoms with Crippen molar-refractivity contribution in [3.63, 3.8) is 0 Å². The van der Waals surface area contributed by atoms with Crippen molar-refractivity contribution in [2.24, 2.45) is 4.99 Å². The standard InChI is InChI=1S/C31H26ClFN2O5S/c1-4-39-30(37)27-18(2)34-31-35(28(27)20-9-6-5-7-10-20)29(36)26(41-31)16-19-13-14-24(38-3)25(15-19)40-17-21-22(32)11-8-12-23(21)33/h5-16,28H,4,17H2,1-3H3/t28-/m1/s1. The molecule has 0 radical (unpaired) electrons. The van der Waals surface area contributed by atoms with E-state index in [1.165, 1.54) is 35.1 Å². The number of carbonyl (C=O) groups is 1. The summed E-state index contributed by atoms with van der Waals surface area (Å²) in [6, 6.07) is 18.3. The van der Waals surface area contributed by atoms with Crippen LogP contribution in [0, 0.1) is 5.82 Å². The first-order valence-corrected chi connectivity index (χ1v) is 14.0. The molecule has 1 aliphatic rings. The molecule has 1 atom stereocenters. The number of carbonyl (C=O) groups excluding carboxylic acids is 1. The summed E-state index contributed by atoms with van der Waals surface area (Å²) in [5.74, 6) is -0.186. The van der Waals surface area contributed by atoms with Crippen molar-refractivity contribution in [3.05, 3.63) is 125 Å². The Labute approximate surface area is 244 Å². The van der Waals surface area contributed by atoms with Gasteiger partial charge in [0, 0.05) is 5.56 Å². The number of ether oxygens (including phenoxy) is 3. The third kappa shape index (κ3) is 5.68. The molecule has 2 heterocycles. The van der Waals surface area contributed by atoms with E-state index < -0.39 is 17.8 Å². The minimum absolute atomic E-state index is 0.111. The lowest BCUT2D eigenvalue weighted by Gasteiger charge is -2.24. The fourth-order valence-corrected chi connectivity index (χ4v) is 5.87. The molecule has 1 aliphatic heterocycles. The van der Waals surface area contributed by atoms with E-state index in [4.69, 9.17) is 25.8 Å². The molecule has 210 valence electrons. The molecule has 5 rings (SSSR count). The minimum Gasteiger partial charge on any atom is -0.493 e. The highest BCUT2D eigenvalue weighted by atomic mass is 35.5. The van der Waals surface area contributed by atoms with Gasteiger partial charge in [-0.2, -0.15) is 0 Å². The molecule has 0 spiro atoms. The van der Waals surface area contributed by atoms with Crippen LogP contribution in [-0.4, -0.2) is 24.3 Å². The van der Waals surface area contributed by atoms with Gasteiger partial charge in [-0.3, -0.25) is 9.36 Å². The number of halogens is 2. The van der Waals surface area contributed by atoms with Crippen molar-refractivity contribution < 1.29 is 23.4 Å². The number of methoxy groups -OCH3 is 1. The van der Waals surface area contributed by atoms with Crippen LogP contribution in [0.25, 0.3) is 6.08 Å². The summed E-state index contributed by atoms with van der Waals surface area (Å²) < 4.78 is 32.9. The maximum atomic E-state index is 14.3. The van der Waals surface area contributed by atoms with Crippen molar-refractivity contribution in [2.75, 3.05) is 13.7 Å². The summed E-state index contributed by atoms with van der Waals surface area (Å²) in [7, 11) is 1.50. The van der Waals surface area contributed by atoms with Crippen LogP contribution in [0.15, 0.2) is 87.8 Å². The molecular formula is C31H26ClFN2O5S. The van der Waals surface area contributed by atoms with Crippen LogP contribution in [0.1, 0.15) is 36.6 Å². The topological polar surface area (TPSA) is 79.1 Å². The van der Waals surface area contributed by atoms with Crippen LogP contribution in [0.5, 0.6) is 11.5 Å². The maximum absolute atomic E-state index is 14.3. The second-order valence-electron chi connectivity index (χ2n) is 9.11. The highest BCUT2D eigenvalue weighted by Crippen LogP contribution is 2.32. The van der Waals surface area contributed by atoms with Gasteiger partial charge >= 0.3 is 5.97 Å². The predicted octanol–water partition coefficient (Wildman–Crippen LogP) is 5.18. The Morgan fingerprint density at radius 1 is 1.12 bits per heavy atom. The van der Waals surface area contributed by atoms with E-state index in [1.807, 2.05) is 30.3 Å². The number of allylic oxidation sites excluding steroid dienone is 1. The highest BCUT2D eigenvalue weighted by Gasteiger charge is 2.33. The molecular weight excluding hydrogens is 567 g/mol. The number of nitrogens with zero attached hydrogens (tertiary/aromatic N) is 2. The number of esters is 1. The molecule has 10 heteroatoms. The number of aromatic nitrogens is 1. The van der Waals surface area contributed by atoms with Crippen LogP contribution in [0.3, 0.4) is 0 Å². The summed E-state index contributed by atoms with van der Waals surface area (Å²) in [6.07, 6.45) is 1.72. The third-order valence-corrected chi connectivity index (χ3v) is 7.89. The van der Waals surface area contributed by atoms with Gasteiger partial charge in [-0.25, -0.2) is 14.2 Å². The first-order valence-electron chi connectivity index (χ1n) is 12.8. The zero-order valence-corrected chi connectivity index (χ0v) is 24.1. The first kappa shape index (κ1) is 28.3. The average Bonchev–Trinajstić information content (AvgIpc) is 3.26. The molecule has 41 heavy (non-hydrogen) atoms. The summed E-state index contributed by atoms with van der Waals surface area (Å²) >= 11 is 7.37. The van der Waals surface area contributed by atoms with E-state index in [1.54, 1.807) is 44.2 Å².